The van der Waals surface area contributed by atoms with Gasteiger partial charge in [-0.25, -0.2) is 4.79 Å². The fraction of sp³-hybridized carbons (Fsp3) is 0.500. The van der Waals surface area contributed by atoms with Crippen LogP contribution in [-0.2, 0) is 19.1 Å². The van der Waals surface area contributed by atoms with E-state index in [-0.39, 0.29) is 30.2 Å². The van der Waals surface area contributed by atoms with E-state index in [4.69, 9.17) is 4.74 Å². The van der Waals surface area contributed by atoms with Crippen LogP contribution in [0.2, 0.25) is 0 Å². The molecule has 152 valence electrons. The first-order valence-electron chi connectivity index (χ1n) is 8.96. The lowest BCUT2D eigenvalue weighted by Gasteiger charge is -2.17. The lowest BCUT2D eigenvalue weighted by molar-refractivity contribution is -0.384. The van der Waals surface area contributed by atoms with Gasteiger partial charge in [-0.2, -0.15) is 0 Å². The minimum Gasteiger partial charge on any atom is -0.469 e. The number of carbonyl (C=O) groups is 3. The molecule has 1 aromatic carbocycles. The number of ether oxygens (including phenoxy) is 2. The lowest BCUT2D eigenvalue weighted by Crippen LogP contribution is -2.30. The zero-order valence-corrected chi connectivity index (χ0v) is 15.6. The van der Waals surface area contributed by atoms with Gasteiger partial charge in [0.15, 0.2) is 6.61 Å². The van der Waals surface area contributed by atoms with E-state index in [1.807, 2.05) is 4.90 Å². The molecule has 10 heteroatoms. The molecule has 0 unspecified atom stereocenters. The maximum Gasteiger partial charge on any atom is 0.338 e. The Morgan fingerprint density at radius 3 is 2.61 bits per heavy atom. The summed E-state index contributed by atoms with van der Waals surface area (Å²) in [6.45, 7) is 1.20. The number of benzene rings is 1. The first kappa shape index (κ1) is 21.1. The molecular formula is C18H23N3O7. The van der Waals surface area contributed by atoms with Gasteiger partial charge in [0.25, 0.3) is 11.6 Å². The molecule has 28 heavy (non-hydrogen) atoms. The zero-order valence-electron chi connectivity index (χ0n) is 15.6. The Hall–Kier alpha value is -3.17. The number of hydrogen-bond acceptors (Lipinski definition) is 8. The molecule has 0 atom stereocenters. The van der Waals surface area contributed by atoms with Crippen molar-refractivity contribution >= 4 is 29.2 Å². The lowest BCUT2D eigenvalue weighted by atomic mass is 10.1. The van der Waals surface area contributed by atoms with Crippen LogP contribution in [0.5, 0.6) is 0 Å². The molecule has 0 saturated carbocycles. The first-order valence-corrected chi connectivity index (χ1v) is 8.96. The molecule has 1 heterocycles. The summed E-state index contributed by atoms with van der Waals surface area (Å²) in [7, 11) is 1.28. The second-order valence-corrected chi connectivity index (χ2v) is 6.26. The van der Waals surface area contributed by atoms with Gasteiger partial charge in [0.2, 0.25) is 0 Å². The molecule has 1 aromatic rings. The van der Waals surface area contributed by atoms with Crippen molar-refractivity contribution in [1.29, 1.82) is 0 Å². The second kappa shape index (κ2) is 10.2. The summed E-state index contributed by atoms with van der Waals surface area (Å²) in [6, 6.07) is 4.16. The predicted octanol–water partition coefficient (Wildman–Crippen LogP) is 1.42. The fourth-order valence-electron chi connectivity index (χ4n) is 2.85. The van der Waals surface area contributed by atoms with Gasteiger partial charge in [0.1, 0.15) is 5.69 Å². The van der Waals surface area contributed by atoms with Crippen molar-refractivity contribution < 1.29 is 28.8 Å². The van der Waals surface area contributed by atoms with Crippen LogP contribution in [0, 0.1) is 10.1 Å². The van der Waals surface area contributed by atoms with Crippen molar-refractivity contribution in [2.75, 3.05) is 38.3 Å². The third-order valence-corrected chi connectivity index (χ3v) is 4.30. The van der Waals surface area contributed by atoms with Gasteiger partial charge in [0.05, 0.1) is 17.6 Å². The van der Waals surface area contributed by atoms with Crippen LogP contribution in [0.25, 0.3) is 0 Å². The van der Waals surface area contributed by atoms with Crippen molar-refractivity contribution in [1.82, 2.24) is 5.32 Å². The minimum atomic E-state index is -0.819. The number of hydrogen-bond donors (Lipinski definition) is 1. The Balaban J connectivity index is 1.88. The summed E-state index contributed by atoms with van der Waals surface area (Å²) in [5.74, 6) is -1.72. The monoisotopic (exact) mass is 393 g/mol. The standard InChI is InChI=1S/C18H23N3O7/c1-27-17(23)5-4-8-19-16(22)12-28-18(24)13-6-7-14(15(11-13)21(25)26)20-9-2-3-10-20/h6-7,11H,2-5,8-10,12H2,1H3,(H,19,22). The van der Waals surface area contributed by atoms with Gasteiger partial charge in [0, 0.05) is 32.1 Å². The highest BCUT2D eigenvalue weighted by Crippen LogP contribution is 2.31. The average Bonchev–Trinajstić information content (AvgIpc) is 3.23. The van der Waals surface area contributed by atoms with E-state index in [9.17, 15) is 24.5 Å². The summed E-state index contributed by atoms with van der Waals surface area (Å²) in [5, 5.41) is 13.9. The summed E-state index contributed by atoms with van der Waals surface area (Å²) < 4.78 is 9.39. The molecule has 2 rings (SSSR count). The molecule has 1 amide bonds. The zero-order chi connectivity index (χ0) is 20.5. The summed E-state index contributed by atoms with van der Waals surface area (Å²) >= 11 is 0. The molecule has 0 aromatic heterocycles. The molecule has 1 saturated heterocycles. The maximum atomic E-state index is 12.1. The van der Waals surface area contributed by atoms with E-state index >= 15 is 0 Å². The fourth-order valence-corrected chi connectivity index (χ4v) is 2.85. The molecule has 0 spiro atoms. The average molecular weight is 393 g/mol. The normalized spacial score (nSPS) is 13.1. The van der Waals surface area contributed by atoms with Crippen LogP contribution in [0.1, 0.15) is 36.0 Å². The van der Waals surface area contributed by atoms with E-state index in [0.717, 1.165) is 25.9 Å². The van der Waals surface area contributed by atoms with Gasteiger partial charge in [-0.1, -0.05) is 0 Å². The van der Waals surface area contributed by atoms with Crippen LogP contribution in [0.15, 0.2) is 18.2 Å². The maximum absolute atomic E-state index is 12.1. The van der Waals surface area contributed by atoms with Gasteiger partial charge in [-0.05, 0) is 31.4 Å². The highest BCUT2D eigenvalue weighted by molar-refractivity contribution is 5.93. The Morgan fingerprint density at radius 1 is 1.25 bits per heavy atom. The number of amides is 1. The predicted molar refractivity (Wildman–Crippen MR) is 99.1 cm³/mol. The minimum absolute atomic E-state index is 0.00754. The van der Waals surface area contributed by atoms with E-state index in [0.29, 0.717) is 12.1 Å². The molecule has 1 fully saturated rings. The number of nitro groups is 1. The smallest absolute Gasteiger partial charge is 0.338 e. The van der Waals surface area contributed by atoms with E-state index in [1.54, 1.807) is 0 Å². The van der Waals surface area contributed by atoms with Gasteiger partial charge >= 0.3 is 11.9 Å². The van der Waals surface area contributed by atoms with E-state index < -0.39 is 23.4 Å². The van der Waals surface area contributed by atoms with Crippen LogP contribution in [-0.4, -0.2) is 56.1 Å². The number of methoxy groups -OCH3 is 1. The van der Waals surface area contributed by atoms with Crippen molar-refractivity contribution in [2.45, 2.75) is 25.7 Å². The summed E-state index contributed by atoms with van der Waals surface area (Å²) in [6.07, 6.45) is 2.51. The topological polar surface area (TPSA) is 128 Å². The first-order chi connectivity index (χ1) is 13.4. The number of anilines is 1. The van der Waals surface area contributed by atoms with Crippen molar-refractivity contribution in [2.24, 2.45) is 0 Å². The quantitative estimate of drug-likeness (QED) is 0.289. The van der Waals surface area contributed by atoms with Crippen molar-refractivity contribution in [3.05, 3.63) is 33.9 Å². The molecule has 1 aliphatic heterocycles. The summed E-state index contributed by atoms with van der Waals surface area (Å²) in [4.78, 5) is 47.5. The molecule has 0 aliphatic carbocycles. The summed E-state index contributed by atoms with van der Waals surface area (Å²) in [5.41, 5.74) is 0.319. The number of rotatable bonds is 9. The third kappa shape index (κ3) is 5.93. The molecule has 1 N–H and O–H groups in total. The molecule has 0 bridgehead atoms. The Morgan fingerprint density at radius 2 is 1.96 bits per heavy atom. The van der Waals surface area contributed by atoms with Crippen LogP contribution in [0.3, 0.4) is 0 Å². The Labute approximate surface area is 161 Å². The Bertz CT molecular complexity index is 745. The second-order valence-electron chi connectivity index (χ2n) is 6.26. The van der Waals surface area contributed by atoms with Crippen LogP contribution in [0.4, 0.5) is 11.4 Å². The largest absolute Gasteiger partial charge is 0.469 e. The van der Waals surface area contributed by atoms with Crippen LogP contribution < -0.4 is 10.2 Å². The van der Waals surface area contributed by atoms with Crippen molar-refractivity contribution in [3.63, 3.8) is 0 Å². The number of carbonyl (C=O) groups excluding carboxylic acids is 3. The van der Waals surface area contributed by atoms with Gasteiger partial charge in [-0.3, -0.25) is 19.7 Å². The third-order valence-electron chi connectivity index (χ3n) is 4.30. The van der Waals surface area contributed by atoms with E-state index in [1.165, 1.54) is 25.3 Å². The number of nitrogens with zero attached hydrogens (tertiary/aromatic N) is 2. The van der Waals surface area contributed by atoms with Gasteiger partial charge < -0.3 is 19.7 Å². The Kier molecular flexibility index (Phi) is 7.73. The highest BCUT2D eigenvalue weighted by Gasteiger charge is 2.24. The highest BCUT2D eigenvalue weighted by atomic mass is 16.6. The molecule has 10 nitrogen and oxygen atoms in total. The molecule has 0 radical (unpaired) electrons. The van der Waals surface area contributed by atoms with Crippen LogP contribution >= 0.6 is 0 Å². The van der Waals surface area contributed by atoms with Crippen molar-refractivity contribution in [3.8, 4) is 0 Å². The molecule has 1 aliphatic rings. The number of nitro benzene ring substituents is 1. The SMILES string of the molecule is COC(=O)CCCNC(=O)COC(=O)c1ccc(N2CCCC2)c([N+](=O)[O-])c1. The number of esters is 2. The van der Waals surface area contributed by atoms with E-state index in [2.05, 4.69) is 10.1 Å². The molecular weight excluding hydrogens is 370 g/mol. The van der Waals surface area contributed by atoms with Gasteiger partial charge in [-0.15, -0.1) is 0 Å². The number of nitrogens with one attached hydrogen (secondary N) is 1.